The van der Waals surface area contributed by atoms with Crippen molar-refractivity contribution in [3.63, 3.8) is 0 Å². The highest BCUT2D eigenvalue weighted by atomic mass is 32.1. The molecule has 0 atom stereocenters. The van der Waals surface area contributed by atoms with E-state index in [4.69, 9.17) is 5.73 Å². The van der Waals surface area contributed by atoms with Crippen molar-refractivity contribution < 1.29 is 4.79 Å². The molecule has 1 amide bonds. The molecule has 1 saturated carbocycles. The Bertz CT molecular complexity index is 358. The Labute approximate surface area is 85.9 Å². The van der Waals surface area contributed by atoms with Crippen LogP contribution in [0.15, 0.2) is 0 Å². The van der Waals surface area contributed by atoms with E-state index in [2.05, 4.69) is 15.0 Å². The van der Waals surface area contributed by atoms with Crippen LogP contribution < -0.4 is 16.4 Å². The summed E-state index contributed by atoms with van der Waals surface area (Å²) in [6.45, 7) is 0. The third kappa shape index (κ3) is 1.65. The molecule has 5 nitrogen and oxygen atoms in total. The Hall–Kier alpha value is -1.30. The number of hydrogen-bond donors (Lipinski definition) is 3. The SMILES string of the molecule is CNC(=O)c1c(N)nsc1NC1CC1. The van der Waals surface area contributed by atoms with Gasteiger partial charge in [-0.05, 0) is 24.4 Å². The van der Waals surface area contributed by atoms with E-state index in [1.165, 1.54) is 11.5 Å². The maximum Gasteiger partial charge on any atom is 0.257 e. The fraction of sp³-hybridized carbons (Fsp3) is 0.500. The van der Waals surface area contributed by atoms with Crippen molar-refractivity contribution in [1.82, 2.24) is 9.69 Å². The summed E-state index contributed by atoms with van der Waals surface area (Å²) < 4.78 is 3.96. The van der Waals surface area contributed by atoms with Crippen molar-refractivity contribution in [3.8, 4) is 0 Å². The second-order valence-corrected chi connectivity index (χ2v) is 4.04. The van der Waals surface area contributed by atoms with E-state index in [0.29, 0.717) is 17.4 Å². The molecule has 0 saturated heterocycles. The summed E-state index contributed by atoms with van der Waals surface area (Å²) in [6, 6.07) is 0.498. The Balaban J connectivity index is 2.24. The number of hydrogen-bond acceptors (Lipinski definition) is 5. The molecule has 6 heteroatoms. The van der Waals surface area contributed by atoms with E-state index < -0.39 is 0 Å². The number of carbonyl (C=O) groups is 1. The van der Waals surface area contributed by atoms with Crippen LogP contribution in [0.2, 0.25) is 0 Å². The first-order valence-corrected chi connectivity index (χ1v) is 5.23. The van der Waals surface area contributed by atoms with Crippen molar-refractivity contribution in [2.24, 2.45) is 0 Å². The molecule has 0 unspecified atom stereocenters. The highest BCUT2D eigenvalue weighted by molar-refractivity contribution is 7.11. The quantitative estimate of drug-likeness (QED) is 0.687. The molecule has 2 rings (SSSR count). The highest BCUT2D eigenvalue weighted by Gasteiger charge is 2.25. The fourth-order valence-corrected chi connectivity index (χ4v) is 1.95. The topological polar surface area (TPSA) is 80.0 Å². The van der Waals surface area contributed by atoms with Gasteiger partial charge in [-0.3, -0.25) is 4.79 Å². The van der Waals surface area contributed by atoms with Crippen LogP contribution >= 0.6 is 11.5 Å². The number of nitrogens with one attached hydrogen (secondary N) is 2. The normalized spacial score (nSPS) is 15.2. The maximum atomic E-state index is 11.5. The molecular weight excluding hydrogens is 200 g/mol. The van der Waals surface area contributed by atoms with Gasteiger partial charge in [0.25, 0.3) is 5.91 Å². The van der Waals surface area contributed by atoms with Gasteiger partial charge in [0.1, 0.15) is 10.6 Å². The Morgan fingerprint density at radius 1 is 1.64 bits per heavy atom. The van der Waals surface area contributed by atoms with Crippen molar-refractivity contribution in [3.05, 3.63) is 5.56 Å². The minimum absolute atomic E-state index is 0.181. The predicted molar refractivity (Wildman–Crippen MR) is 56.6 cm³/mol. The van der Waals surface area contributed by atoms with Crippen molar-refractivity contribution >= 4 is 28.3 Å². The lowest BCUT2D eigenvalue weighted by Gasteiger charge is -2.03. The summed E-state index contributed by atoms with van der Waals surface area (Å²) >= 11 is 1.24. The Kier molecular flexibility index (Phi) is 2.28. The zero-order valence-electron chi connectivity index (χ0n) is 7.83. The third-order valence-electron chi connectivity index (χ3n) is 2.09. The smallest absolute Gasteiger partial charge is 0.257 e. The summed E-state index contributed by atoms with van der Waals surface area (Å²) in [6.07, 6.45) is 2.32. The van der Waals surface area contributed by atoms with Crippen LogP contribution in [0.4, 0.5) is 10.8 Å². The van der Waals surface area contributed by atoms with Crippen LogP contribution in [0, 0.1) is 0 Å². The largest absolute Gasteiger partial charge is 0.382 e. The molecule has 14 heavy (non-hydrogen) atoms. The van der Waals surface area contributed by atoms with E-state index in [9.17, 15) is 4.79 Å². The lowest BCUT2D eigenvalue weighted by Crippen LogP contribution is -2.20. The van der Waals surface area contributed by atoms with E-state index in [0.717, 1.165) is 17.8 Å². The van der Waals surface area contributed by atoms with Gasteiger partial charge in [0, 0.05) is 13.1 Å². The summed E-state index contributed by atoms with van der Waals surface area (Å²) in [5.74, 6) is 0.122. The lowest BCUT2D eigenvalue weighted by molar-refractivity contribution is 0.0965. The molecule has 1 fully saturated rings. The first-order chi connectivity index (χ1) is 6.72. The average Bonchev–Trinajstić information content (AvgIpc) is 2.90. The minimum Gasteiger partial charge on any atom is -0.382 e. The molecule has 76 valence electrons. The summed E-state index contributed by atoms with van der Waals surface area (Å²) in [4.78, 5) is 11.5. The average molecular weight is 212 g/mol. The summed E-state index contributed by atoms with van der Waals surface area (Å²) in [7, 11) is 1.58. The van der Waals surface area contributed by atoms with Gasteiger partial charge in [0.05, 0.1) is 0 Å². The van der Waals surface area contributed by atoms with Gasteiger partial charge < -0.3 is 16.4 Å². The zero-order chi connectivity index (χ0) is 10.1. The lowest BCUT2D eigenvalue weighted by atomic mass is 10.3. The van der Waals surface area contributed by atoms with Gasteiger partial charge in [-0.25, -0.2) is 0 Å². The number of nitrogens with two attached hydrogens (primary N) is 1. The van der Waals surface area contributed by atoms with Gasteiger partial charge in [-0.15, -0.1) is 0 Å². The fourth-order valence-electron chi connectivity index (χ4n) is 1.16. The van der Waals surface area contributed by atoms with Gasteiger partial charge >= 0.3 is 0 Å². The first kappa shape index (κ1) is 9.26. The molecule has 1 aliphatic carbocycles. The number of amides is 1. The Morgan fingerprint density at radius 3 is 2.93 bits per heavy atom. The Morgan fingerprint density at radius 2 is 2.36 bits per heavy atom. The molecular formula is C8H12N4OS. The van der Waals surface area contributed by atoms with Gasteiger partial charge in [-0.1, -0.05) is 0 Å². The molecule has 1 aliphatic rings. The maximum absolute atomic E-state index is 11.5. The molecule has 1 aromatic rings. The van der Waals surface area contributed by atoms with Crippen LogP contribution in [0.3, 0.4) is 0 Å². The van der Waals surface area contributed by atoms with E-state index in [-0.39, 0.29) is 5.91 Å². The number of rotatable bonds is 3. The van der Waals surface area contributed by atoms with Crippen LogP contribution in [0.5, 0.6) is 0 Å². The van der Waals surface area contributed by atoms with E-state index >= 15 is 0 Å². The third-order valence-corrected chi connectivity index (χ3v) is 2.88. The number of nitrogen functional groups attached to an aromatic ring is 1. The number of nitrogens with zero attached hydrogens (tertiary/aromatic N) is 1. The highest BCUT2D eigenvalue weighted by Crippen LogP contribution is 2.32. The summed E-state index contributed by atoms with van der Waals surface area (Å²) in [5, 5.41) is 6.57. The minimum atomic E-state index is -0.181. The predicted octanol–water partition coefficient (Wildman–Crippen LogP) is 0.659. The standard InChI is InChI=1S/C8H12N4OS/c1-10-7(13)5-6(9)12-14-8(5)11-4-2-3-4/h4,11H,2-3H2,1H3,(H2,9,12)(H,10,13). The second kappa shape index (κ2) is 3.45. The monoisotopic (exact) mass is 212 g/mol. The van der Waals surface area contributed by atoms with Crippen molar-refractivity contribution in [2.45, 2.75) is 18.9 Å². The number of carbonyl (C=O) groups excluding carboxylic acids is 1. The molecule has 0 aromatic carbocycles. The van der Waals surface area contributed by atoms with Gasteiger partial charge in [-0.2, -0.15) is 4.37 Å². The van der Waals surface area contributed by atoms with Crippen molar-refractivity contribution in [1.29, 1.82) is 0 Å². The van der Waals surface area contributed by atoms with Crippen LogP contribution in [-0.4, -0.2) is 23.4 Å². The first-order valence-electron chi connectivity index (χ1n) is 4.46. The zero-order valence-corrected chi connectivity index (χ0v) is 8.65. The van der Waals surface area contributed by atoms with Crippen LogP contribution in [-0.2, 0) is 0 Å². The second-order valence-electron chi connectivity index (χ2n) is 3.27. The number of aromatic nitrogens is 1. The van der Waals surface area contributed by atoms with Gasteiger partial charge in [0.2, 0.25) is 0 Å². The van der Waals surface area contributed by atoms with Crippen molar-refractivity contribution in [2.75, 3.05) is 18.1 Å². The molecule has 4 N–H and O–H groups in total. The summed E-state index contributed by atoms with van der Waals surface area (Å²) in [5.41, 5.74) is 6.09. The molecule has 0 aliphatic heterocycles. The number of anilines is 2. The molecule has 0 bridgehead atoms. The molecule has 1 heterocycles. The van der Waals surface area contributed by atoms with E-state index in [1.54, 1.807) is 7.05 Å². The molecule has 0 spiro atoms. The van der Waals surface area contributed by atoms with Crippen LogP contribution in [0.25, 0.3) is 0 Å². The van der Waals surface area contributed by atoms with Crippen LogP contribution in [0.1, 0.15) is 23.2 Å². The molecule has 1 aromatic heterocycles. The van der Waals surface area contributed by atoms with E-state index in [1.807, 2.05) is 0 Å². The van der Waals surface area contributed by atoms with Gasteiger partial charge in [0.15, 0.2) is 5.82 Å². The molecule has 0 radical (unpaired) electrons.